The SMILES string of the molecule is Cc1occc1Sc1ccc(Cl)nn1. The molecule has 14 heavy (non-hydrogen) atoms. The molecule has 0 aromatic carbocycles. The molecule has 0 N–H and O–H groups in total. The summed E-state index contributed by atoms with van der Waals surface area (Å²) in [5, 5.41) is 8.89. The fourth-order valence-electron chi connectivity index (χ4n) is 0.950. The van der Waals surface area contributed by atoms with Gasteiger partial charge in [-0.3, -0.25) is 0 Å². The molecule has 72 valence electrons. The van der Waals surface area contributed by atoms with Crippen molar-refractivity contribution in [2.75, 3.05) is 0 Å². The molecule has 2 aromatic rings. The molecule has 0 spiro atoms. The molecule has 0 aliphatic rings. The number of aromatic nitrogens is 2. The highest BCUT2D eigenvalue weighted by atomic mass is 35.5. The van der Waals surface area contributed by atoms with Gasteiger partial charge in [0.15, 0.2) is 5.15 Å². The molecule has 2 aromatic heterocycles. The van der Waals surface area contributed by atoms with E-state index in [2.05, 4.69) is 10.2 Å². The van der Waals surface area contributed by atoms with E-state index < -0.39 is 0 Å². The summed E-state index contributed by atoms with van der Waals surface area (Å²) in [5.74, 6) is 0.881. The summed E-state index contributed by atoms with van der Waals surface area (Å²) in [6, 6.07) is 5.44. The number of rotatable bonds is 2. The molecule has 0 aliphatic carbocycles. The van der Waals surface area contributed by atoms with E-state index in [1.165, 1.54) is 11.8 Å². The Morgan fingerprint density at radius 3 is 2.71 bits per heavy atom. The Morgan fingerprint density at radius 2 is 2.14 bits per heavy atom. The third-order valence-corrected chi connectivity index (χ3v) is 2.91. The number of aryl methyl sites for hydroxylation is 1. The minimum absolute atomic E-state index is 0.401. The molecule has 0 fully saturated rings. The average Bonchev–Trinajstić information content (AvgIpc) is 2.56. The summed E-state index contributed by atoms with van der Waals surface area (Å²) >= 11 is 7.13. The van der Waals surface area contributed by atoms with Crippen LogP contribution in [0.15, 0.2) is 38.8 Å². The van der Waals surface area contributed by atoms with Gasteiger partial charge in [0.2, 0.25) is 0 Å². The zero-order valence-corrected chi connectivity index (χ0v) is 8.97. The van der Waals surface area contributed by atoms with Crippen LogP contribution >= 0.6 is 23.4 Å². The maximum Gasteiger partial charge on any atom is 0.151 e. The van der Waals surface area contributed by atoms with Crippen molar-refractivity contribution in [3.05, 3.63) is 35.4 Å². The molecule has 3 nitrogen and oxygen atoms in total. The molecule has 0 amide bonds. The Labute approximate surface area is 90.5 Å². The van der Waals surface area contributed by atoms with Crippen molar-refractivity contribution in [1.29, 1.82) is 0 Å². The average molecular weight is 227 g/mol. The van der Waals surface area contributed by atoms with E-state index in [4.69, 9.17) is 16.0 Å². The molecule has 5 heteroatoms. The zero-order valence-electron chi connectivity index (χ0n) is 7.40. The largest absolute Gasteiger partial charge is 0.468 e. The van der Waals surface area contributed by atoms with Gasteiger partial charge in [0.05, 0.1) is 11.2 Å². The predicted octanol–water partition coefficient (Wildman–Crippen LogP) is 3.18. The van der Waals surface area contributed by atoms with E-state index >= 15 is 0 Å². The molecule has 2 heterocycles. The molecule has 0 atom stereocenters. The quantitative estimate of drug-likeness (QED) is 0.789. The molecule has 0 unspecified atom stereocenters. The molecule has 0 saturated carbocycles. The van der Waals surface area contributed by atoms with Gasteiger partial charge in [0, 0.05) is 0 Å². The van der Waals surface area contributed by atoms with Gasteiger partial charge in [-0.05, 0) is 25.1 Å². The summed E-state index contributed by atoms with van der Waals surface area (Å²) < 4.78 is 5.17. The van der Waals surface area contributed by atoms with Crippen molar-refractivity contribution < 1.29 is 4.42 Å². The molecule has 0 saturated heterocycles. The Kier molecular flexibility index (Phi) is 2.74. The van der Waals surface area contributed by atoms with Gasteiger partial charge in [-0.25, -0.2) is 0 Å². The van der Waals surface area contributed by atoms with Gasteiger partial charge < -0.3 is 4.42 Å². The number of hydrogen-bond acceptors (Lipinski definition) is 4. The summed E-state index contributed by atoms with van der Waals surface area (Å²) in [4.78, 5) is 1.04. The lowest BCUT2D eigenvalue weighted by Gasteiger charge is -1.97. The second-order valence-electron chi connectivity index (χ2n) is 2.64. The van der Waals surface area contributed by atoms with Crippen LogP contribution in [0.1, 0.15) is 5.76 Å². The summed E-state index contributed by atoms with van der Waals surface area (Å²) in [7, 11) is 0. The van der Waals surface area contributed by atoms with Gasteiger partial charge in [-0.15, -0.1) is 10.2 Å². The predicted molar refractivity (Wildman–Crippen MR) is 54.6 cm³/mol. The third-order valence-electron chi connectivity index (χ3n) is 1.63. The maximum atomic E-state index is 5.62. The second-order valence-corrected chi connectivity index (χ2v) is 4.09. The normalized spacial score (nSPS) is 10.4. The molecular weight excluding hydrogens is 220 g/mol. The van der Waals surface area contributed by atoms with Crippen molar-refractivity contribution in [2.45, 2.75) is 16.8 Å². The highest BCUT2D eigenvalue weighted by molar-refractivity contribution is 7.99. The van der Waals surface area contributed by atoms with Gasteiger partial charge in [0.25, 0.3) is 0 Å². The van der Waals surface area contributed by atoms with E-state index in [1.54, 1.807) is 12.3 Å². The first-order chi connectivity index (χ1) is 6.75. The number of halogens is 1. The van der Waals surface area contributed by atoms with Crippen LogP contribution in [0.5, 0.6) is 0 Å². The lowest BCUT2D eigenvalue weighted by Crippen LogP contribution is -1.84. The molecule has 2 rings (SSSR count). The zero-order chi connectivity index (χ0) is 9.97. The second kappa shape index (κ2) is 4.02. The molecule has 0 bridgehead atoms. The first-order valence-electron chi connectivity index (χ1n) is 3.97. The van der Waals surface area contributed by atoms with Crippen molar-refractivity contribution in [3.63, 3.8) is 0 Å². The Balaban J connectivity index is 2.19. The van der Waals surface area contributed by atoms with Crippen LogP contribution in [0.4, 0.5) is 0 Å². The van der Waals surface area contributed by atoms with Gasteiger partial charge in [-0.2, -0.15) is 0 Å². The Morgan fingerprint density at radius 1 is 1.29 bits per heavy atom. The fourth-order valence-corrected chi connectivity index (χ4v) is 1.81. The Bertz CT molecular complexity index is 427. The van der Waals surface area contributed by atoms with E-state index in [-0.39, 0.29) is 0 Å². The van der Waals surface area contributed by atoms with E-state index in [9.17, 15) is 0 Å². The summed E-state index contributed by atoms with van der Waals surface area (Å²) in [6.07, 6.45) is 1.65. The number of furan rings is 1. The minimum Gasteiger partial charge on any atom is -0.468 e. The lowest BCUT2D eigenvalue weighted by atomic mass is 10.5. The van der Waals surface area contributed by atoms with Crippen molar-refractivity contribution in [2.24, 2.45) is 0 Å². The minimum atomic E-state index is 0.401. The Hall–Kier alpha value is -1.00. The van der Waals surface area contributed by atoms with Crippen LogP contribution < -0.4 is 0 Å². The van der Waals surface area contributed by atoms with Crippen molar-refractivity contribution >= 4 is 23.4 Å². The summed E-state index contributed by atoms with van der Waals surface area (Å²) in [5.41, 5.74) is 0. The van der Waals surface area contributed by atoms with Gasteiger partial charge in [0.1, 0.15) is 10.8 Å². The third kappa shape index (κ3) is 2.08. The highest BCUT2D eigenvalue weighted by Gasteiger charge is 2.04. The monoisotopic (exact) mass is 226 g/mol. The van der Waals surface area contributed by atoms with Crippen LogP contribution in [0.3, 0.4) is 0 Å². The van der Waals surface area contributed by atoms with Gasteiger partial charge >= 0.3 is 0 Å². The summed E-state index contributed by atoms with van der Waals surface area (Å²) in [6.45, 7) is 1.91. The van der Waals surface area contributed by atoms with Crippen LogP contribution in [-0.2, 0) is 0 Å². The van der Waals surface area contributed by atoms with E-state index in [1.807, 2.05) is 19.1 Å². The lowest BCUT2D eigenvalue weighted by molar-refractivity contribution is 0.527. The smallest absolute Gasteiger partial charge is 0.151 e. The highest BCUT2D eigenvalue weighted by Crippen LogP contribution is 2.29. The van der Waals surface area contributed by atoms with Crippen molar-refractivity contribution in [3.8, 4) is 0 Å². The fraction of sp³-hybridized carbons (Fsp3) is 0.111. The van der Waals surface area contributed by atoms with Gasteiger partial charge in [-0.1, -0.05) is 23.4 Å². The standard InChI is InChI=1S/C9H7ClN2OS/c1-6-7(4-5-13-6)14-9-3-2-8(10)11-12-9/h2-5H,1H3. The van der Waals surface area contributed by atoms with Crippen LogP contribution in [-0.4, -0.2) is 10.2 Å². The van der Waals surface area contributed by atoms with Crippen molar-refractivity contribution in [1.82, 2.24) is 10.2 Å². The molecular formula is C9H7ClN2OS. The maximum absolute atomic E-state index is 5.62. The van der Waals surface area contributed by atoms with Crippen LogP contribution in [0.25, 0.3) is 0 Å². The number of hydrogen-bond donors (Lipinski definition) is 0. The topological polar surface area (TPSA) is 38.9 Å². The molecule has 0 aliphatic heterocycles. The first kappa shape index (κ1) is 9.55. The van der Waals surface area contributed by atoms with Crippen LogP contribution in [0, 0.1) is 6.92 Å². The number of nitrogens with zero attached hydrogens (tertiary/aromatic N) is 2. The van der Waals surface area contributed by atoms with E-state index in [0.717, 1.165) is 15.7 Å². The van der Waals surface area contributed by atoms with E-state index in [0.29, 0.717) is 5.15 Å². The first-order valence-corrected chi connectivity index (χ1v) is 5.16. The molecule has 0 radical (unpaired) electrons. The van der Waals surface area contributed by atoms with Crippen LogP contribution in [0.2, 0.25) is 5.15 Å².